The highest BCUT2D eigenvalue weighted by atomic mass is 16.2. The standard InChI is InChI=1S/C12H23N3O2/c1-4-13-10-7-8-15(12(10)17)9-11(16)14(5-2)6-3/h10,13H,4-9H2,1-3H3. The Hall–Kier alpha value is -1.10. The number of likely N-dealkylation sites (tertiary alicyclic amines) is 1. The second-order valence-corrected chi connectivity index (χ2v) is 4.22. The van der Waals surface area contributed by atoms with Gasteiger partial charge in [0.2, 0.25) is 11.8 Å². The Morgan fingerprint density at radius 3 is 2.59 bits per heavy atom. The van der Waals surface area contributed by atoms with Crippen molar-refractivity contribution in [2.75, 3.05) is 32.7 Å². The van der Waals surface area contributed by atoms with E-state index >= 15 is 0 Å². The number of carbonyl (C=O) groups is 2. The van der Waals surface area contributed by atoms with Gasteiger partial charge in [0.25, 0.3) is 0 Å². The predicted octanol–water partition coefficient (Wildman–Crippen LogP) is 0.0652. The van der Waals surface area contributed by atoms with E-state index in [0.717, 1.165) is 13.0 Å². The van der Waals surface area contributed by atoms with Crippen LogP contribution in [0.2, 0.25) is 0 Å². The van der Waals surface area contributed by atoms with E-state index in [-0.39, 0.29) is 24.4 Å². The molecule has 0 spiro atoms. The Morgan fingerprint density at radius 1 is 1.41 bits per heavy atom. The smallest absolute Gasteiger partial charge is 0.242 e. The van der Waals surface area contributed by atoms with Gasteiger partial charge in [0, 0.05) is 19.6 Å². The van der Waals surface area contributed by atoms with Crippen LogP contribution >= 0.6 is 0 Å². The van der Waals surface area contributed by atoms with Crippen LogP contribution in [0.1, 0.15) is 27.2 Å². The topological polar surface area (TPSA) is 52.7 Å². The van der Waals surface area contributed by atoms with Crippen LogP contribution in [-0.4, -0.2) is 60.4 Å². The lowest BCUT2D eigenvalue weighted by Crippen LogP contribution is -2.44. The van der Waals surface area contributed by atoms with Gasteiger partial charge in [-0.2, -0.15) is 0 Å². The van der Waals surface area contributed by atoms with E-state index in [1.54, 1.807) is 9.80 Å². The number of hydrogen-bond acceptors (Lipinski definition) is 3. The van der Waals surface area contributed by atoms with E-state index < -0.39 is 0 Å². The predicted molar refractivity (Wildman–Crippen MR) is 66.6 cm³/mol. The molecule has 0 radical (unpaired) electrons. The summed E-state index contributed by atoms with van der Waals surface area (Å²) in [5.41, 5.74) is 0. The molecule has 1 aliphatic rings. The molecule has 0 aromatic carbocycles. The quantitative estimate of drug-likeness (QED) is 0.716. The molecule has 1 heterocycles. The molecule has 1 N–H and O–H groups in total. The summed E-state index contributed by atoms with van der Waals surface area (Å²) in [6, 6.07) is -0.0931. The molecule has 2 amide bonds. The lowest BCUT2D eigenvalue weighted by molar-refractivity contribution is -0.138. The van der Waals surface area contributed by atoms with Crippen molar-refractivity contribution in [3.8, 4) is 0 Å². The molecule has 17 heavy (non-hydrogen) atoms. The fourth-order valence-electron chi connectivity index (χ4n) is 2.17. The van der Waals surface area contributed by atoms with Crippen molar-refractivity contribution in [3.63, 3.8) is 0 Å². The number of nitrogens with one attached hydrogen (secondary N) is 1. The van der Waals surface area contributed by atoms with Crippen LogP contribution in [0.5, 0.6) is 0 Å². The zero-order valence-electron chi connectivity index (χ0n) is 11.0. The minimum absolute atomic E-state index is 0.0421. The normalized spacial score (nSPS) is 19.8. The number of rotatable bonds is 6. The number of hydrogen-bond donors (Lipinski definition) is 1. The summed E-state index contributed by atoms with van der Waals surface area (Å²) < 4.78 is 0. The Bertz CT molecular complexity index is 277. The first-order chi connectivity index (χ1) is 8.13. The maximum absolute atomic E-state index is 11.9. The number of nitrogens with zero attached hydrogens (tertiary/aromatic N) is 2. The highest BCUT2D eigenvalue weighted by molar-refractivity contribution is 5.89. The molecule has 0 bridgehead atoms. The van der Waals surface area contributed by atoms with Gasteiger partial charge < -0.3 is 15.1 Å². The third-order valence-corrected chi connectivity index (χ3v) is 3.19. The summed E-state index contributed by atoms with van der Waals surface area (Å²) in [6.45, 7) is 8.99. The fraction of sp³-hybridized carbons (Fsp3) is 0.833. The maximum Gasteiger partial charge on any atom is 0.242 e. The summed E-state index contributed by atoms with van der Waals surface area (Å²) in [5.74, 6) is 0.104. The molecule has 98 valence electrons. The molecular formula is C12H23N3O2. The monoisotopic (exact) mass is 241 g/mol. The molecule has 5 nitrogen and oxygen atoms in total. The molecular weight excluding hydrogens is 218 g/mol. The van der Waals surface area contributed by atoms with E-state index in [4.69, 9.17) is 0 Å². The molecule has 0 saturated carbocycles. The van der Waals surface area contributed by atoms with Gasteiger partial charge >= 0.3 is 0 Å². The number of amides is 2. The van der Waals surface area contributed by atoms with Crippen LogP contribution in [0, 0.1) is 0 Å². The second kappa shape index (κ2) is 6.59. The van der Waals surface area contributed by atoms with Crippen LogP contribution in [0.4, 0.5) is 0 Å². The lowest BCUT2D eigenvalue weighted by Gasteiger charge is -2.23. The summed E-state index contributed by atoms with van der Waals surface area (Å²) >= 11 is 0. The summed E-state index contributed by atoms with van der Waals surface area (Å²) in [5, 5.41) is 3.14. The number of likely N-dealkylation sites (N-methyl/N-ethyl adjacent to an activating group) is 2. The summed E-state index contributed by atoms with van der Waals surface area (Å²) in [7, 11) is 0. The van der Waals surface area contributed by atoms with Crippen molar-refractivity contribution < 1.29 is 9.59 Å². The highest BCUT2D eigenvalue weighted by Gasteiger charge is 2.32. The minimum Gasteiger partial charge on any atom is -0.342 e. The van der Waals surface area contributed by atoms with Crippen LogP contribution in [0.3, 0.4) is 0 Å². The fourth-order valence-corrected chi connectivity index (χ4v) is 2.17. The first-order valence-corrected chi connectivity index (χ1v) is 6.43. The Labute approximate surface area is 103 Å². The summed E-state index contributed by atoms with van der Waals surface area (Å²) in [6.07, 6.45) is 0.804. The van der Waals surface area contributed by atoms with Gasteiger partial charge in [0.15, 0.2) is 0 Å². The second-order valence-electron chi connectivity index (χ2n) is 4.22. The van der Waals surface area contributed by atoms with Crippen molar-refractivity contribution in [3.05, 3.63) is 0 Å². The van der Waals surface area contributed by atoms with Gasteiger partial charge in [-0.1, -0.05) is 6.92 Å². The van der Waals surface area contributed by atoms with Gasteiger partial charge in [0.05, 0.1) is 12.6 Å². The number of carbonyl (C=O) groups excluding carboxylic acids is 2. The van der Waals surface area contributed by atoms with Crippen molar-refractivity contribution >= 4 is 11.8 Å². The highest BCUT2D eigenvalue weighted by Crippen LogP contribution is 2.11. The Morgan fingerprint density at radius 2 is 2.06 bits per heavy atom. The zero-order chi connectivity index (χ0) is 12.8. The van der Waals surface area contributed by atoms with Crippen molar-refractivity contribution in [2.24, 2.45) is 0 Å². The van der Waals surface area contributed by atoms with E-state index in [1.165, 1.54) is 0 Å². The van der Waals surface area contributed by atoms with Crippen molar-refractivity contribution in [2.45, 2.75) is 33.2 Å². The Kier molecular flexibility index (Phi) is 5.41. The zero-order valence-corrected chi connectivity index (χ0v) is 11.0. The summed E-state index contributed by atoms with van der Waals surface area (Å²) in [4.78, 5) is 27.2. The molecule has 1 saturated heterocycles. The molecule has 1 aliphatic heterocycles. The van der Waals surface area contributed by atoms with Crippen molar-refractivity contribution in [1.29, 1.82) is 0 Å². The molecule has 5 heteroatoms. The van der Waals surface area contributed by atoms with E-state index in [1.807, 2.05) is 20.8 Å². The first-order valence-electron chi connectivity index (χ1n) is 6.43. The molecule has 1 atom stereocenters. The molecule has 1 rings (SSSR count). The molecule has 1 unspecified atom stereocenters. The van der Waals surface area contributed by atoms with E-state index in [0.29, 0.717) is 19.6 Å². The third-order valence-electron chi connectivity index (χ3n) is 3.19. The maximum atomic E-state index is 11.9. The largest absolute Gasteiger partial charge is 0.342 e. The molecule has 0 aromatic heterocycles. The SMILES string of the molecule is CCNC1CCN(CC(=O)N(CC)CC)C1=O. The van der Waals surface area contributed by atoms with Gasteiger partial charge in [-0.15, -0.1) is 0 Å². The van der Waals surface area contributed by atoms with Gasteiger partial charge in [-0.3, -0.25) is 9.59 Å². The minimum atomic E-state index is -0.0931. The van der Waals surface area contributed by atoms with E-state index in [9.17, 15) is 9.59 Å². The molecule has 0 aliphatic carbocycles. The Balaban J connectivity index is 2.48. The van der Waals surface area contributed by atoms with E-state index in [2.05, 4.69) is 5.32 Å². The van der Waals surface area contributed by atoms with Crippen LogP contribution in [-0.2, 0) is 9.59 Å². The van der Waals surface area contributed by atoms with Gasteiger partial charge in [-0.25, -0.2) is 0 Å². The van der Waals surface area contributed by atoms with Gasteiger partial charge in [-0.05, 0) is 26.8 Å². The van der Waals surface area contributed by atoms with Gasteiger partial charge in [0.1, 0.15) is 0 Å². The van der Waals surface area contributed by atoms with Crippen LogP contribution < -0.4 is 5.32 Å². The van der Waals surface area contributed by atoms with Crippen LogP contribution in [0.15, 0.2) is 0 Å². The first kappa shape index (κ1) is 14.0. The average Bonchev–Trinajstić information content (AvgIpc) is 2.64. The van der Waals surface area contributed by atoms with Crippen molar-refractivity contribution in [1.82, 2.24) is 15.1 Å². The molecule has 0 aromatic rings. The average molecular weight is 241 g/mol. The lowest BCUT2D eigenvalue weighted by atomic mass is 10.2. The third kappa shape index (κ3) is 3.43. The van der Waals surface area contributed by atoms with Crippen LogP contribution in [0.25, 0.3) is 0 Å². The molecule has 1 fully saturated rings.